The number of carbonyl (C=O) groups excluding carboxylic acids is 1. The minimum atomic E-state index is -0.604. The van der Waals surface area contributed by atoms with Crippen LogP contribution in [0.1, 0.15) is 24.1 Å². The van der Waals surface area contributed by atoms with Crippen LogP contribution in [-0.4, -0.2) is 31.7 Å². The summed E-state index contributed by atoms with van der Waals surface area (Å²) in [5.41, 5.74) is 3.70. The Morgan fingerprint density at radius 3 is 2.42 bits per heavy atom. The molecule has 1 atom stereocenters. The molecule has 3 aromatic rings. The number of anilines is 1. The predicted molar refractivity (Wildman–Crippen MR) is 133 cm³/mol. The van der Waals surface area contributed by atoms with Crippen LogP contribution in [0.15, 0.2) is 81.7 Å². The van der Waals surface area contributed by atoms with Gasteiger partial charge >= 0.3 is 5.97 Å². The Labute approximate surface area is 196 Å². The molecule has 168 valence electrons. The fraction of sp³-hybridized carbons (Fsp3) is 0.192. The van der Waals surface area contributed by atoms with Crippen molar-refractivity contribution in [1.29, 1.82) is 0 Å². The second-order valence-corrected chi connectivity index (χ2v) is 8.88. The van der Waals surface area contributed by atoms with Gasteiger partial charge in [-0.1, -0.05) is 66.0 Å². The van der Waals surface area contributed by atoms with E-state index in [4.69, 9.17) is 4.74 Å². The van der Waals surface area contributed by atoms with Gasteiger partial charge in [-0.3, -0.25) is 9.36 Å². The molecule has 1 unspecified atom stereocenters. The maximum Gasteiger partial charge on any atom is 0.338 e. The van der Waals surface area contributed by atoms with Crippen molar-refractivity contribution in [2.45, 2.75) is 13.0 Å². The van der Waals surface area contributed by atoms with Crippen LogP contribution in [0, 0.1) is 0 Å². The molecule has 0 N–H and O–H groups in total. The Balaban J connectivity index is 1.84. The predicted octanol–water partition coefficient (Wildman–Crippen LogP) is 3.14. The van der Waals surface area contributed by atoms with Crippen molar-refractivity contribution in [3.8, 4) is 0 Å². The summed E-state index contributed by atoms with van der Waals surface area (Å²) in [5, 5.41) is 0. The van der Waals surface area contributed by atoms with E-state index < -0.39 is 12.0 Å². The molecule has 1 aromatic heterocycles. The van der Waals surface area contributed by atoms with Crippen molar-refractivity contribution in [2.24, 2.45) is 4.99 Å². The number of fused-ring (bicyclic) bond motifs is 1. The van der Waals surface area contributed by atoms with Crippen LogP contribution in [0.25, 0.3) is 12.2 Å². The van der Waals surface area contributed by atoms with Crippen LogP contribution < -0.4 is 19.8 Å². The van der Waals surface area contributed by atoms with Gasteiger partial charge < -0.3 is 9.64 Å². The van der Waals surface area contributed by atoms with Crippen molar-refractivity contribution in [1.82, 2.24) is 4.57 Å². The monoisotopic (exact) mass is 459 g/mol. The van der Waals surface area contributed by atoms with E-state index in [0.717, 1.165) is 16.8 Å². The van der Waals surface area contributed by atoms with E-state index >= 15 is 0 Å². The molecule has 0 saturated heterocycles. The molecule has 0 bridgehead atoms. The van der Waals surface area contributed by atoms with E-state index in [1.165, 1.54) is 18.4 Å². The topological polar surface area (TPSA) is 63.9 Å². The highest BCUT2D eigenvalue weighted by molar-refractivity contribution is 7.07. The maximum atomic E-state index is 13.4. The molecule has 1 aliphatic rings. The molecule has 2 aromatic carbocycles. The van der Waals surface area contributed by atoms with Gasteiger partial charge in [-0.15, -0.1) is 0 Å². The highest BCUT2D eigenvalue weighted by Gasteiger charge is 2.30. The van der Waals surface area contributed by atoms with Gasteiger partial charge in [0.2, 0.25) is 0 Å². The van der Waals surface area contributed by atoms with Gasteiger partial charge in [0.05, 0.1) is 29.0 Å². The molecule has 4 rings (SSSR count). The van der Waals surface area contributed by atoms with Crippen LogP contribution in [-0.2, 0) is 9.53 Å². The number of rotatable bonds is 5. The molecule has 2 heterocycles. The SMILES string of the molecule is COC(=O)C1=C(C)N=c2sc(=Cc3ccc(N(C)C)cc3)c(=O)n2C1/C=C/c1ccccc1. The van der Waals surface area contributed by atoms with Gasteiger partial charge in [0.1, 0.15) is 0 Å². The quantitative estimate of drug-likeness (QED) is 0.550. The fourth-order valence-corrected chi connectivity index (χ4v) is 4.76. The van der Waals surface area contributed by atoms with Crippen LogP contribution in [0.5, 0.6) is 0 Å². The van der Waals surface area contributed by atoms with Gasteiger partial charge in [-0.25, -0.2) is 9.79 Å². The third kappa shape index (κ3) is 4.59. The number of allylic oxidation sites excluding steroid dienone is 2. The lowest BCUT2D eigenvalue weighted by molar-refractivity contribution is -0.136. The van der Waals surface area contributed by atoms with Gasteiger partial charge in [0.15, 0.2) is 4.80 Å². The first-order chi connectivity index (χ1) is 15.9. The zero-order valence-electron chi connectivity index (χ0n) is 19.0. The smallest absolute Gasteiger partial charge is 0.338 e. The van der Waals surface area contributed by atoms with E-state index in [1.807, 2.05) is 91.8 Å². The lowest BCUT2D eigenvalue weighted by Crippen LogP contribution is -2.38. The van der Waals surface area contributed by atoms with E-state index in [2.05, 4.69) is 4.99 Å². The van der Waals surface area contributed by atoms with Crippen molar-refractivity contribution in [3.63, 3.8) is 0 Å². The average molecular weight is 460 g/mol. The summed E-state index contributed by atoms with van der Waals surface area (Å²) in [6, 6.07) is 17.1. The molecule has 0 amide bonds. The number of ether oxygens (including phenoxy) is 1. The number of methoxy groups -OCH3 is 1. The third-order valence-corrected chi connectivity index (χ3v) is 6.43. The number of thiazole rings is 1. The zero-order chi connectivity index (χ0) is 23.5. The number of aromatic nitrogens is 1. The molecule has 0 fully saturated rings. The van der Waals surface area contributed by atoms with E-state index in [0.29, 0.717) is 20.6 Å². The van der Waals surface area contributed by atoms with Crippen molar-refractivity contribution in [3.05, 3.63) is 103 Å². The minimum absolute atomic E-state index is 0.188. The lowest BCUT2D eigenvalue weighted by atomic mass is 10.0. The zero-order valence-corrected chi connectivity index (χ0v) is 19.8. The lowest BCUT2D eigenvalue weighted by Gasteiger charge is -2.21. The third-order valence-electron chi connectivity index (χ3n) is 5.45. The molecular formula is C26H25N3O3S. The summed E-state index contributed by atoms with van der Waals surface area (Å²) in [6.07, 6.45) is 5.62. The molecule has 0 spiro atoms. The number of hydrogen-bond acceptors (Lipinski definition) is 6. The molecule has 7 heteroatoms. The first-order valence-electron chi connectivity index (χ1n) is 10.5. The molecule has 0 radical (unpaired) electrons. The van der Waals surface area contributed by atoms with Gasteiger partial charge in [0, 0.05) is 19.8 Å². The van der Waals surface area contributed by atoms with E-state index in [1.54, 1.807) is 11.5 Å². The molecule has 33 heavy (non-hydrogen) atoms. The van der Waals surface area contributed by atoms with Crippen LogP contribution in [0.3, 0.4) is 0 Å². The van der Waals surface area contributed by atoms with Crippen LogP contribution >= 0.6 is 11.3 Å². The van der Waals surface area contributed by atoms with Crippen molar-refractivity contribution < 1.29 is 9.53 Å². The van der Waals surface area contributed by atoms with E-state index in [9.17, 15) is 9.59 Å². The molecule has 1 aliphatic heterocycles. The number of esters is 1. The van der Waals surface area contributed by atoms with Gasteiger partial charge in [0.25, 0.3) is 5.56 Å². The highest BCUT2D eigenvalue weighted by atomic mass is 32.1. The summed E-state index contributed by atoms with van der Waals surface area (Å²) in [6.45, 7) is 1.77. The van der Waals surface area contributed by atoms with Crippen LogP contribution in [0.2, 0.25) is 0 Å². The van der Waals surface area contributed by atoms with Crippen molar-refractivity contribution >= 4 is 35.1 Å². The second-order valence-electron chi connectivity index (χ2n) is 7.87. The minimum Gasteiger partial charge on any atom is -0.466 e. The molecule has 0 saturated carbocycles. The Morgan fingerprint density at radius 2 is 1.79 bits per heavy atom. The summed E-state index contributed by atoms with van der Waals surface area (Å²) in [7, 11) is 5.30. The number of nitrogens with zero attached hydrogens (tertiary/aromatic N) is 3. The number of benzene rings is 2. The average Bonchev–Trinajstić information content (AvgIpc) is 3.12. The van der Waals surface area contributed by atoms with Crippen LogP contribution in [0.4, 0.5) is 5.69 Å². The summed E-state index contributed by atoms with van der Waals surface area (Å²) in [4.78, 5) is 33.2. The van der Waals surface area contributed by atoms with E-state index in [-0.39, 0.29) is 5.56 Å². The Kier molecular flexibility index (Phi) is 6.42. The number of carbonyl (C=O) groups is 1. The molecular weight excluding hydrogens is 434 g/mol. The van der Waals surface area contributed by atoms with Gasteiger partial charge in [-0.05, 0) is 36.3 Å². The largest absolute Gasteiger partial charge is 0.466 e. The fourth-order valence-electron chi connectivity index (χ4n) is 3.70. The summed E-state index contributed by atoms with van der Waals surface area (Å²) in [5.74, 6) is -0.493. The number of hydrogen-bond donors (Lipinski definition) is 0. The van der Waals surface area contributed by atoms with Crippen molar-refractivity contribution in [2.75, 3.05) is 26.1 Å². The normalized spacial score (nSPS) is 16.0. The molecule has 0 aliphatic carbocycles. The highest BCUT2D eigenvalue weighted by Crippen LogP contribution is 2.26. The standard InChI is InChI=1S/C26H25N3O3S/c1-17-23(25(31)32-4)21(15-12-18-8-6-5-7-9-18)29-24(30)22(33-26(29)27-17)16-19-10-13-20(14-11-19)28(2)3/h5-16,21H,1-4H3/b15-12+,22-16?. The summed E-state index contributed by atoms with van der Waals surface area (Å²) < 4.78 is 7.15. The maximum absolute atomic E-state index is 13.4. The first-order valence-corrected chi connectivity index (χ1v) is 11.3. The Bertz CT molecular complexity index is 1410. The first kappa shape index (κ1) is 22.5. The molecule has 6 nitrogen and oxygen atoms in total. The Hall–Kier alpha value is -3.71. The Morgan fingerprint density at radius 1 is 1.09 bits per heavy atom. The second kappa shape index (κ2) is 9.42. The van der Waals surface area contributed by atoms with Gasteiger partial charge in [-0.2, -0.15) is 0 Å². The summed E-state index contributed by atoms with van der Waals surface area (Å²) >= 11 is 1.32.